The molecule has 3 heterocycles. The highest BCUT2D eigenvalue weighted by molar-refractivity contribution is 7.14. The number of nitrogens with one attached hydrogen (secondary N) is 1. The molecule has 0 unspecified atom stereocenters. The van der Waals surface area contributed by atoms with Crippen molar-refractivity contribution in [3.8, 4) is 11.3 Å². The zero-order chi connectivity index (χ0) is 18.9. The fraction of sp³-hybridized carbons (Fsp3) is 0.474. The molecule has 0 radical (unpaired) electrons. The number of hydrogen-bond acceptors (Lipinski definition) is 6. The smallest absolute Gasteiger partial charge is 0.240 e. The number of aliphatic hydroxyl groups is 1. The van der Waals surface area contributed by atoms with E-state index in [1.54, 1.807) is 12.1 Å². The Labute approximate surface area is 161 Å². The molecule has 1 amide bonds. The first-order valence-corrected chi connectivity index (χ1v) is 9.98. The van der Waals surface area contributed by atoms with Crippen LogP contribution in [-0.4, -0.2) is 58.8 Å². The van der Waals surface area contributed by atoms with Crippen molar-refractivity contribution in [1.82, 2.24) is 9.88 Å². The highest BCUT2D eigenvalue weighted by Crippen LogP contribution is 2.35. The van der Waals surface area contributed by atoms with Crippen molar-refractivity contribution in [1.29, 1.82) is 0 Å². The molecule has 2 N–H and O–H groups in total. The van der Waals surface area contributed by atoms with Crippen LogP contribution in [0.4, 0.5) is 9.52 Å². The van der Waals surface area contributed by atoms with Crippen molar-refractivity contribution in [2.24, 2.45) is 0 Å². The van der Waals surface area contributed by atoms with Crippen molar-refractivity contribution < 1.29 is 19.0 Å². The summed E-state index contributed by atoms with van der Waals surface area (Å²) in [5.74, 6) is -0.457. The second-order valence-electron chi connectivity index (χ2n) is 7.11. The van der Waals surface area contributed by atoms with Crippen LogP contribution in [0.1, 0.15) is 19.3 Å². The molecule has 27 heavy (non-hydrogen) atoms. The van der Waals surface area contributed by atoms with E-state index in [4.69, 9.17) is 4.74 Å². The van der Waals surface area contributed by atoms with Crippen molar-refractivity contribution in [3.63, 3.8) is 0 Å². The molecule has 4 rings (SSSR count). The largest absolute Gasteiger partial charge is 0.389 e. The van der Waals surface area contributed by atoms with Gasteiger partial charge in [-0.15, -0.1) is 11.3 Å². The molecule has 0 aliphatic carbocycles. The van der Waals surface area contributed by atoms with E-state index in [-0.39, 0.29) is 18.3 Å². The highest BCUT2D eigenvalue weighted by atomic mass is 32.1. The van der Waals surface area contributed by atoms with Crippen molar-refractivity contribution in [2.75, 3.05) is 31.6 Å². The van der Waals surface area contributed by atoms with Gasteiger partial charge in [-0.3, -0.25) is 9.69 Å². The zero-order valence-corrected chi connectivity index (χ0v) is 15.7. The molecule has 1 aromatic carbocycles. The fourth-order valence-corrected chi connectivity index (χ4v) is 4.52. The van der Waals surface area contributed by atoms with Gasteiger partial charge in [-0.2, -0.15) is 0 Å². The number of ether oxygens (including phenoxy) is 1. The lowest BCUT2D eigenvalue weighted by molar-refractivity contribution is -0.135. The Bertz CT molecular complexity index is 805. The van der Waals surface area contributed by atoms with E-state index < -0.39 is 11.7 Å². The molecule has 2 fully saturated rings. The molecule has 0 bridgehead atoms. The minimum Gasteiger partial charge on any atom is -0.389 e. The third kappa shape index (κ3) is 4.03. The van der Waals surface area contributed by atoms with Crippen LogP contribution in [0.2, 0.25) is 0 Å². The molecular weight excluding hydrogens is 369 g/mol. The Kier molecular flexibility index (Phi) is 5.23. The number of halogens is 1. The number of aliphatic hydroxyl groups excluding tert-OH is 1. The number of amides is 1. The topological polar surface area (TPSA) is 74.7 Å². The summed E-state index contributed by atoms with van der Waals surface area (Å²) in [6.07, 6.45) is 2.05. The van der Waals surface area contributed by atoms with Gasteiger partial charge in [0.05, 0.1) is 23.9 Å². The highest BCUT2D eigenvalue weighted by Gasteiger charge is 2.45. The molecule has 1 aromatic heterocycles. The van der Waals surface area contributed by atoms with Crippen LogP contribution < -0.4 is 5.32 Å². The molecule has 8 heteroatoms. The summed E-state index contributed by atoms with van der Waals surface area (Å²) in [6.45, 7) is 2.08. The Hall–Kier alpha value is -1.87. The third-order valence-corrected chi connectivity index (χ3v) is 6.04. The summed E-state index contributed by atoms with van der Waals surface area (Å²) in [7, 11) is 0. The van der Waals surface area contributed by atoms with Gasteiger partial charge in [0.2, 0.25) is 5.91 Å². The van der Waals surface area contributed by atoms with Gasteiger partial charge in [-0.25, -0.2) is 9.37 Å². The summed E-state index contributed by atoms with van der Waals surface area (Å²) < 4.78 is 18.8. The van der Waals surface area contributed by atoms with Gasteiger partial charge in [0.15, 0.2) is 5.13 Å². The molecule has 2 aliphatic heterocycles. The van der Waals surface area contributed by atoms with Crippen molar-refractivity contribution in [3.05, 3.63) is 35.5 Å². The van der Waals surface area contributed by atoms with Crippen LogP contribution in [0, 0.1) is 5.82 Å². The number of carbonyl (C=O) groups is 1. The first-order valence-electron chi connectivity index (χ1n) is 9.10. The second-order valence-corrected chi connectivity index (χ2v) is 7.97. The summed E-state index contributed by atoms with van der Waals surface area (Å²) in [6, 6.07) is 6.09. The molecule has 1 spiro atoms. The molecule has 2 aliphatic rings. The van der Waals surface area contributed by atoms with E-state index in [2.05, 4.69) is 10.3 Å². The normalized spacial score (nSPS) is 25.8. The van der Waals surface area contributed by atoms with E-state index in [0.717, 1.165) is 31.4 Å². The van der Waals surface area contributed by atoms with Crippen LogP contribution in [0.3, 0.4) is 0 Å². The number of hydrogen-bond donors (Lipinski definition) is 2. The van der Waals surface area contributed by atoms with Crippen LogP contribution in [0.15, 0.2) is 29.6 Å². The minimum atomic E-state index is -0.563. The Morgan fingerprint density at radius 3 is 2.93 bits per heavy atom. The lowest BCUT2D eigenvalue weighted by atomic mass is 9.86. The summed E-state index contributed by atoms with van der Waals surface area (Å²) >= 11 is 1.33. The molecule has 144 valence electrons. The molecule has 2 atom stereocenters. The van der Waals surface area contributed by atoms with Crippen LogP contribution in [-0.2, 0) is 9.53 Å². The van der Waals surface area contributed by atoms with Crippen molar-refractivity contribution >= 4 is 22.4 Å². The van der Waals surface area contributed by atoms with Gasteiger partial charge in [0.1, 0.15) is 5.82 Å². The van der Waals surface area contributed by atoms with Gasteiger partial charge in [0.25, 0.3) is 0 Å². The lowest BCUT2D eigenvalue weighted by Crippen LogP contribution is -2.56. The number of benzene rings is 1. The average molecular weight is 391 g/mol. The van der Waals surface area contributed by atoms with Gasteiger partial charge in [-0.05, 0) is 43.5 Å². The predicted octanol–water partition coefficient (Wildman–Crippen LogP) is 2.50. The van der Waals surface area contributed by atoms with Gasteiger partial charge >= 0.3 is 0 Å². The van der Waals surface area contributed by atoms with Crippen LogP contribution in [0.5, 0.6) is 0 Å². The quantitative estimate of drug-likeness (QED) is 0.838. The van der Waals surface area contributed by atoms with E-state index in [9.17, 15) is 14.3 Å². The maximum absolute atomic E-state index is 13.0. The average Bonchev–Trinajstić information content (AvgIpc) is 3.30. The zero-order valence-electron chi connectivity index (χ0n) is 14.9. The SMILES string of the molecule is O=C(CN1CC[C@@]2(CCCO2)[C@@H](O)C1)Nc1nc(-c2ccc(F)cc2)cs1. The number of rotatable bonds is 4. The first kappa shape index (κ1) is 18.5. The lowest BCUT2D eigenvalue weighted by Gasteiger charge is -2.42. The fourth-order valence-electron chi connectivity index (χ4n) is 3.79. The molecule has 2 saturated heterocycles. The van der Waals surface area contributed by atoms with Gasteiger partial charge in [0, 0.05) is 30.6 Å². The summed E-state index contributed by atoms with van der Waals surface area (Å²) in [5.41, 5.74) is 1.09. The molecule has 2 aromatic rings. The Morgan fingerprint density at radius 1 is 1.41 bits per heavy atom. The number of anilines is 1. The van der Waals surface area contributed by atoms with E-state index in [0.29, 0.717) is 24.0 Å². The Balaban J connectivity index is 1.32. The number of carbonyl (C=O) groups excluding carboxylic acids is 1. The van der Waals surface area contributed by atoms with E-state index in [1.807, 2.05) is 10.3 Å². The first-order chi connectivity index (χ1) is 13.0. The van der Waals surface area contributed by atoms with Crippen molar-refractivity contribution in [2.45, 2.75) is 31.0 Å². The number of nitrogens with zero attached hydrogens (tertiary/aromatic N) is 2. The van der Waals surface area contributed by atoms with Gasteiger partial charge < -0.3 is 15.2 Å². The predicted molar refractivity (Wildman–Crippen MR) is 101 cm³/mol. The minimum absolute atomic E-state index is 0.162. The van der Waals surface area contributed by atoms with Gasteiger partial charge in [-0.1, -0.05) is 0 Å². The Morgan fingerprint density at radius 2 is 2.22 bits per heavy atom. The van der Waals surface area contributed by atoms with Crippen LogP contribution >= 0.6 is 11.3 Å². The number of β-amino-alcohol motifs (C(OH)–C–C–N with tert-alkyl or cyclic N) is 1. The van der Waals surface area contributed by atoms with E-state index in [1.165, 1.54) is 23.5 Å². The molecule has 6 nitrogen and oxygen atoms in total. The second kappa shape index (κ2) is 7.63. The third-order valence-electron chi connectivity index (χ3n) is 5.28. The number of likely N-dealkylation sites (tertiary alicyclic amines) is 1. The van der Waals surface area contributed by atoms with Crippen LogP contribution in [0.25, 0.3) is 11.3 Å². The summed E-state index contributed by atoms with van der Waals surface area (Å²) in [5, 5.41) is 15.6. The number of piperidine rings is 1. The number of aromatic nitrogens is 1. The standard InChI is InChI=1S/C19H22FN3O3S/c20-14-4-2-13(3-5-14)15-12-27-18(21-15)22-17(25)11-23-8-7-19(16(24)10-23)6-1-9-26-19/h2-5,12,16,24H,1,6-11H2,(H,21,22,25)/t16-,19-/m0/s1. The molecular formula is C19H22FN3O3S. The number of thiazole rings is 1. The van der Waals surface area contributed by atoms with E-state index >= 15 is 0 Å². The monoisotopic (exact) mass is 391 g/mol. The maximum atomic E-state index is 13.0. The maximum Gasteiger partial charge on any atom is 0.240 e. The summed E-state index contributed by atoms with van der Waals surface area (Å²) in [4.78, 5) is 18.7. The molecule has 0 saturated carbocycles.